The molecule has 130 valence electrons. The van der Waals surface area contributed by atoms with E-state index in [1.54, 1.807) is 24.3 Å². The summed E-state index contributed by atoms with van der Waals surface area (Å²) in [4.78, 5) is 21.3. The number of nitriles is 1. The number of hydrogen-bond acceptors (Lipinski definition) is 5. The minimum absolute atomic E-state index is 0.0220. The van der Waals surface area contributed by atoms with E-state index in [1.807, 2.05) is 6.07 Å². The lowest BCUT2D eigenvalue weighted by Gasteiger charge is -2.34. The van der Waals surface area contributed by atoms with Crippen molar-refractivity contribution >= 4 is 16.5 Å². The summed E-state index contributed by atoms with van der Waals surface area (Å²) in [6.07, 6.45) is 1.17. The third-order valence-electron chi connectivity index (χ3n) is 4.57. The number of hydrogen-bond donors (Lipinski definition) is 2. The third-order valence-corrected chi connectivity index (χ3v) is 4.57. The predicted octanol–water partition coefficient (Wildman–Crippen LogP) is 2.69. The number of aliphatic hydroxyl groups excluding tert-OH is 1. The molecule has 0 radical (unpaired) electrons. The number of rotatable bonds is 3. The number of benzene rings is 1. The summed E-state index contributed by atoms with van der Waals surface area (Å²) >= 11 is 0. The van der Waals surface area contributed by atoms with Crippen molar-refractivity contribution in [2.75, 3.05) is 19.6 Å². The Morgan fingerprint density at radius 1 is 1.36 bits per heavy atom. The average molecular weight is 338 g/mol. The van der Waals surface area contributed by atoms with Crippen LogP contribution in [0.3, 0.4) is 0 Å². The lowest BCUT2D eigenvalue weighted by Crippen LogP contribution is -2.39. The van der Waals surface area contributed by atoms with Gasteiger partial charge in [-0.1, -0.05) is 26.0 Å². The smallest absolute Gasteiger partial charge is 0.259 e. The van der Waals surface area contributed by atoms with Crippen LogP contribution in [-0.4, -0.2) is 39.6 Å². The number of H-pyrrole nitrogens is 1. The van der Waals surface area contributed by atoms with Crippen LogP contribution in [0.1, 0.15) is 26.1 Å². The molecule has 2 heterocycles. The minimum atomic E-state index is -0.318. The van der Waals surface area contributed by atoms with E-state index < -0.39 is 0 Å². The van der Waals surface area contributed by atoms with Gasteiger partial charge in [-0.25, -0.2) is 4.98 Å². The molecule has 25 heavy (non-hydrogen) atoms. The molecule has 2 unspecified atom stereocenters. The van der Waals surface area contributed by atoms with Crippen molar-refractivity contribution < 1.29 is 5.11 Å². The molecule has 1 aliphatic heterocycles. The molecule has 1 aromatic heterocycles. The van der Waals surface area contributed by atoms with Gasteiger partial charge in [-0.05, 0) is 30.4 Å². The van der Waals surface area contributed by atoms with Gasteiger partial charge in [-0.15, -0.1) is 0 Å². The first kappa shape index (κ1) is 17.2. The van der Waals surface area contributed by atoms with Gasteiger partial charge in [-0.3, -0.25) is 9.69 Å². The van der Waals surface area contributed by atoms with Crippen LogP contribution in [0.25, 0.3) is 16.5 Å². The van der Waals surface area contributed by atoms with Crippen LogP contribution in [0, 0.1) is 23.2 Å². The van der Waals surface area contributed by atoms with Crippen LogP contribution >= 0.6 is 0 Å². The van der Waals surface area contributed by atoms with Gasteiger partial charge in [0.05, 0.1) is 17.4 Å². The molecule has 0 spiro atoms. The van der Waals surface area contributed by atoms with E-state index in [0.29, 0.717) is 22.7 Å². The number of aromatic nitrogens is 2. The second-order valence-corrected chi connectivity index (χ2v) is 7.01. The molecular formula is C19H22N4O2. The molecule has 2 atom stereocenters. The highest BCUT2D eigenvalue weighted by Gasteiger charge is 2.23. The fraction of sp³-hybridized carbons (Fsp3) is 0.421. The average Bonchev–Trinajstić information content (AvgIpc) is 2.54. The lowest BCUT2D eigenvalue weighted by molar-refractivity contribution is 0.138. The normalized spacial score (nSPS) is 22.4. The summed E-state index contributed by atoms with van der Waals surface area (Å²) in [6, 6.07) is 8.93. The van der Waals surface area contributed by atoms with E-state index in [0.717, 1.165) is 13.1 Å². The number of allylic oxidation sites excluding steroid dienone is 1. The molecule has 0 aliphatic carbocycles. The molecule has 0 amide bonds. The van der Waals surface area contributed by atoms with Crippen LogP contribution in [0.5, 0.6) is 0 Å². The zero-order valence-electron chi connectivity index (χ0n) is 14.5. The molecule has 0 saturated carbocycles. The topological polar surface area (TPSA) is 93.0 Å². The molecule has 3 rings (SSSR count). The Bertz CT molecular complexity index is 900. The van der Waals surface area contributed by atoms with Gasteiger partial charge in [0.15, 0.2) is 5.82 Å². The first-order chi connectivity index (χ1) is 12.0. The number of aliphatic hydroxyl groups is 1. The second kappa shape index (κ2) is 7.08. The van der Waals surface area contributed by atoms with Crippen LogP contribution in [0.15, 0.2) is 34.8 Å². The van der Waals surface area contributed by atoms with Gasteiger partial charge in [0.2, 0.25) is 0 Å². The van der Waals surface area contributed by atoms with E-state index in [-0.39, 0.29) is 29.3 Å². The maximum Gasteiger partial charge on any atom is 0.259 e. The largest absolute Gasteiger partial charge is 0.509 e. The summed E-state index contributed by atoms with van der Waals surface area (Å²) in [7, 11) is 0. The number of likely N-dealkylation sites (tertiary alicyclic amines) is 1. The molecule has 6 nitrogen and oxygen atoms in total. The summed E-state index contributed by atoms with van der Waals surface area (Å²) < 4.78 is 0. The lowest BCUT2D eigenvalue weighted by atomic mass is 9.92. The van der Waals surface area contributed by atoms with Crippen molar-refractivity contribution in [3.63, 3.8) is 0 Å². The monoisotopic (exact) mass is 338 g/mol. The van der Waals surface area contributed by atoms with Gasteiger partial charge in [0, 0.05) is 13.1 Å². The van der Waals surface area contributed by atoms with Gasteiger partial charge in [0.25, 0.3) is 5.56 Å². The molecule has 0 bridgehead atoms. The van der Waals surface area contributed by atoms with Crippen LogP contribution in [0.2, 0.25) is 0 Å². The summed E-state index contributed by atoms with van der Waals surface area (Å²) in [5, 5.41) is 20.5. The summed E-state index contributed by atoms with van der Waals surface area (Å²) in [6.45, 7) is 6.44. The van der Waals surface area contributed by atoms with Crippen molar-refractivity contribution in [3.8, 4) is 6.07 Å². The number of piperidine rings is 1. The molecular weight excluding hydrogens is 316 g/mol. The zero-order chi connectivity index (χ0) is 18.0. The van der Waals surface area contributed by atoms with Gasteiger partial charge in [0.1, 0.15) is 17.4 Å². The maximum atomic E-state index is 12.2. The fourth-order valence-electron chi connectivity index (χ4n) is 3.67. The molecule has 1 aliphatic rings. The number of para-hydroxylation sites is 1. The molecule has 2 N–H and O–H groups in total. The molecule has 1 fully saturated rings. The van der Waals surface area contributed by atoms with Crippen molar-refractivity contribution in [1.82, 2.24) is 14.9 Å². The summed E-state index contributed by atoms with van der Waals surface area (Å²) in [5.41, 5.74) is 0.206. The van der Waals surface area contributed by atoms with Gasteiger partial charge < -0.3 is 10.1 Å². The van der Waals surface area contributed by atoms with E-state index in [1.165, 1.54) is 6.42 Å². The van der Waals surface area contributed by atoms with Crippen molar-refractivity contribution in [1.29, 1.82) is 5.26 Å². The van der Waals surface area contributed by atoms with Gasteiger partial charge in [-0.2, -0.15) is 5.26 Å². The van der Waals surface area contributed by atoms with Crippen LogP contribution in [0.4, 0.5) is 0 Å². The van der Waals surface area contributed by atoms with Crippen molar-refractivity contribution in [2.24, 2.45) is 11.8 Å². The fourth-order valence-corrected chi connectivity index (χ4v) is 3.67. The Kier molecular flexibility index (Phi) is 4.86. The number of fused-ring (bicyclic) bond motifs is 1. The number of aromatic amines is 1. The van der Waals surface area contributed by atoms with Crippen LogP contribution in [-0.2, 0) is 0 Å². The number of nitrogens with zero attached hydrogens (tertiary/aromatic N) is 3. The Balaban J connectivity index is 1.94. The molecule has 1 aromatic carbocycles. The molecule has 1 saturated heterocycles. The van der Waals surface area contributed by atoms with E-state index in [2.05, 4.69) is 28.7 Å². The quantitative estimate of drug-likeness (QED) is 0.663. The van der Waals surface area contributed by atoms with Crippen LogP contribution < -0.4 is 5.56 Å². The first-order valence-corrected chi connectivity index (χ1v) is 8.52. The minimum Gasteiger partial charge on any atom is -0.509 e. The van der Waals surface area contributed by atoms with Crippen molar-refractivity contribution in [2.45, 2.75) is 20.3 Å². The Morgan fingerprint density at radius 3 is 2.72 bits per heavy atom. The van der Waals surface area contributed by atoms with E-state index in [9.17, 15) is 15.2 Å². The Morgan fingerprint density at radius 2 is 2.04 bits per heavy atom. The highest BCUT2D eigenvalue weighted by molar-refractivity contribution is 5.81. The van der Waals surface area contributed by atoms with E-state index in [4.69, 9.17) is 0 Å². The SMILES string of the molecule is CC1CC(C)CN(C/C(O)=C(\C#N)c2nc3ccccc3c(=O)[nH]2)C1. The Hall–Kier alpha value is -2.65. The molecule has 6 heteroatoms. The Labute approximate surface area is 146 Å². The third kappa shape index (κ3) is 3.72. The number of nitrogens with one attached hydrogen (secondary N) is 1. The standard InChI is InChI=1S/C19H22N4O2/c1-12-7-13(2)10-23(9-12)11-17(24)15(8-20)18-21-16-6-4-3-5-14(16)19(25)22-18/h3-6,12-13,24H,7,9-11H2,1-2H3,(H,21,22,25)/b17-15-. The summed E-state index contributed by atoms with van der Waals surface area (Å²) in [5.74, 6) is 1.17. The second-order valence-electron chi connectivity index (χ2n) is 7.01. The highest BCUT2D eigenvalue weighted by Crippen LogP contribution is 2.23. The highest BCUT2D eigenvalue weighted by atomic mass is 16.3. The van der Waals surface area contributed by atoms with Gasteiger partial charge >= 0.3 is 0 Å². The molecule has 2 aromatic rings. The maximum absolute atomic E-state index is 12.2. The first-order valence-electron chi connectivity index (χ1n) is 8.52. The zero-order valence-corrected chi connectivity index (χ0v) is 14.5. The van der Waals surface area contributed by atoms with Crippen molar-refractivity contribution in [3.05, 3.63) is 46.2 Å². The van der Waals surface area contributed by atoms with E-state index >= 15 is 0 Å². The predicted molar refractivity (Wildman–Crippen MR) is 96.9 cm³/mol.